The zero-order valence-electron chi connectivity index (χ0n) is 11.2. The quantitative estimate of drug-likeness (QED) is 0.793. The summed E-state index contributed by atoms with van der Waals surface area (Å²) < 4.78 is 11.3. The lowest BCUT2D eigenvalue weighted by molar-refractivity contribution is 0.0594. The third kappa shape index (κ3) is 2.22. The number of aromatic nitrogens is 1. The van der Waals surface area contributed by atoms with Gasteiger partial charge < -0.3 is 13.9 Å². The minimum absolute atomic E-state index is 0.407. The molecule has 0 spiro atoms. The normalized spacial score (nSPS) is 10.9. The number of carbonyl (C=O) groups excluding carboxylic acids is 2. The highest BCUT2D eigenvalue weighted by molar-refractivity contribution is 7.35. The van der Waals surface area contributed by atoms with Crippen molar-refractivity contribution in [3.05, 3.63) is 34.1 Å². The Morgan fingerprint density at radius 1 is 1.16 bits per heavy atom. The van der Waals surface area contributed by atoms with Crippen molar-refractivity contribution < 1.29 is 19.1 Å². The predicted octanol–water partition coefficient (Wildman–Crippen LogP) is 2.71. The molecule has 19 heavy (non-hydrogen) atoms. The SMILES string of the molecule is COC(=O)c1pc(C(=O)OC)n2cc(C)cc(C)c12. The van der Waals surface area contributed by atoms with E-state index in [0.29, 0.717) is 24.4 Å². The van der Waals surface area contributed by atoms with Gasteiger partial charge in [0.1, 0.15) is 5.30 Å². The van der Waals surface area contributed by atoms with Gasteiger partial charge in [-0.15, -0.1) is 0 Å². The summed E-state index contributed by atoms with van der Waals surface area (Å²) in [5.41, 5.74) is 3.04. The molecule has 2 rings (SSSR count). The first-order valence-corrected chi connectivity index (χ1v) is 6.55. The molecule has 0 aromatic carbocycles. The summed E-state index contributed by atoms with van der Waals surface area (Å²) in [6.45, 7) is 3.83. The van der Waals surface area contributed by atoms with E-state index in [-0.39, 0.29) is 0 Å². The molecule has 2 heterocycles. The molecule has 0 bridgehead atoms. The summed E-state index contributed by atoms with van der Waals surface area (Å²) in [5, 5.41) is 0.459. The van der Waals surface area contributed by atoms with Crippen LogP contribution in [0.25, 0.3) is 5.52 Å². The highest BCUT2D eigenvalue weighted by atomic mass is 31.0. The van der Waals surface area contributed by atoms with Crippen molar-refractivity contribution in [1.29, 1.82) is 0 Å². The Kier molecular flexibility index (Phi) is 3.58. The zero-order valence-corrected chi connectivity index (χ0v) is 12.1. The number of carbonyl (C=O) groups is 2. The fourth-order valence-corrected chi connectivity index (χ4v) is 3.29. The van der Waals surface area contributed by atoms with Crippen LogP contribution in [-0.4, -0.2) is 30.6 Å². The average Bonchev–Trinajstić information content (AvgIpc) is 2.76. The molecule has 0 fully saturated rings. The van der Waals surface area contributed by atoms with Crippen LogP contribution in [0.2, 0.25) is 0 Å². The van der Waals surface area contributed by atoms with Crippen LogP contribution in [0.15, 0.2) is 12.3 Å². The second-order valence-electron chi connectivity index (χ2n) is 4.19. The van der Waals surface area contributed by atoms with Crippen LogP contribution in [0, 0.1) is 13.8 Å². The summed E-state index contributed by atoms with van der Waals surface area (Å²) >= 11 is 0. The number of hydrogen-bond donors (Lipinski definition) is 0. The molecule has 0 atom stereocenters. The van der Waals surface area contributed by atoms with Gasteiger partial charge in [-0.25, -0.2) is 9.59 Å². The molecule has 0 radical (unpaired) electrons. The molecule has 2 aromatic heterocycles. The summed E-state index contributed by atoms with van der Waals surface area (Å²) in [4.78, 5) is 23.6. The van der Waals surface area contributed by atoms with E-state index in [4.69, 9.17) is 9.47 Å². The van der Waals surface area contributed by atoms with Gasteiger partial charge in [-0.3, -0.25) is 0 Å². The van der Waals surface area contributed by atoms with Crippen molar-refractivity contribution in [2.45, 2.75) is 13.8 Å². The Labute approximate surface area is 112 Å². The number of fused-ring (bicyclic) bond motifs is 1. The highest BCUT2D eigenvalue weighted by Crippen LogP contribution is 2.32. The number of methoxy groups -OCH3 is 2. The molecule has 0 aliphatic heterocycles. The topological polar surface area (TPSA) is 57.0 Å². The number of esters is 2. The second kappa shape index (κ2) is 5.02. The van der Waals surface area contributed by atoms with Gasteiger partial charge in [0.2, 0.25) is 0 Å². The smallest absolute Gasteiger partial charge is 0.359 e. The highest BCUT2D eigenvalue weighted by Gasteiger charge is 2.22. The predicted molar refractivity (Wildman–Crippen MR) is 72.1 cm³/mol. The van der Waals surface area contributed by atoms with Gasteiger partial charge in [0, 0.05) is 6.20 Å². The molecule has 0 saturated heterocycles. The molecular formula is C13H14NO4P. The zero-order chi connectivity index (χ0) is 14.2. The van der Waals surface area contributed by atoms with Gasteiger partial charge in [0.25, 0.3) is 0 Å². The molecule has 0 unspecified atom stereocenters. The lowest BCUT2D eigenvalue weighted by Crippen LogP contribution is -2.05. The Morgan fingerprint density at radius 2 is 1.79 bits per heavy atom. The van der Waals surface area contributed by atoms with Gasteiger partial charge in [-0.1, -0.05) is 6.07 Å². The summed E-state index contributed by atoms with van der Waals surface area (Å²) in [5.74, 6) is -0.877. The third-order valence-electron chi connectivity index (χ3n) is 2.81. The number of ether oxygens (including phenoxy) is 2. The molecule has 0 N–H and O–H groups in total. The maximum Gasteiger partial charge on any atom is 0.359 e. The Balaban J connectivity index is 2.84. The third-order valence-corrected chi connectivity index (χ3v) is 4.04. The number of nitrogens with zero attached hydrogens (tertiary/aromatic N) is 1. The first kappa shape index (κ1) is 13.6. The van der Waals surface area contributed by atoms with Gasteiger partial charge in [0.05, 0.1) is 19.7 Å². The van der Waals surface area contributed by atoms with E-state index in [1.165, 1.54) is 14.2 Å². The summed E-state index contributed by atoms with van der Waals surface area (Å²) in [6.07, 6.45) is 1.82. The molecule has 0 aliphatic carbocycles. The van der Waals surface area contributed by atoms with Crippen molar-refractivity contribution in [2.75, 3.05) is 14.2 Å². The van der Waals surface area contributed by atoms with Crippen LogP contribution in [-0.2, 0) is 9.47 Å². The van der Waals surface area contributed by atoms with Gasteiger partial charge in [-0.05, 0) is 33.2 Å². The monoisotopic (exact) mass is 279 g/mol. The number of rotatable bonds is 2. The van der Waals surface area contributed by atoms with Crippen molar-refractivity contribution in [2.24, 2.45) is 0 Å². The maximum atomic E-state index is 11.8. The molecule has 0 aliphatic rings. The van der Waals surface area contributed by atoms with E-state index in [1.807, 2.05) is 26.1 Å². The van der Waals surface area contributed by atoms with E-state index in [2.05, 4.69) is 0 Å². The van der Waals surface area contributed by atoms with E-state index in [0.717, 1.165) is 11.1 Å². The fraction of sp³-hybridized carbons (Fsp3) is 0.308. The molecule has 2 aromatic rings. The summed E-state index contributed by atoms with van der Waals surface area (Å²) in [7, 11) is 3.16. The fourth-order valence-electron chi connectivity index (χ4n) is 2.06. The van der Waals surface area contributed by atoms with E-state index in [1.54, 1.807) is 4.40 Å². The second-order valence-corrected chi connectivity index (χ2v) is 5.28. The largest absolute Gasteiger partial charge is 0.465 e. The molecule has 6 heteroatoms. The molecule has 100 valence electrons. The van der Waals surface area contributed by atoms with Crippen molar-refractivity contribution in [1.82, 2.24) is 4.40 Å². The van der Waals surface area contributed by atoms with Gasteiger partial charge >= 0.3 is 11.9 Å². The molecule has 0 amide bonds. The minimum Gasteiger partial charge on any atom is -0.465 e. The van der Waals surface area contributed by atoms with Crippen LogP contribution in [0.4, 0.5) is 0 Å². The average molecular weight is 279 g/mol. The molecular weight excluding hydrogens is 265 g/mol. The lowest BCUT2D eigenvalue weighted by atomic mass is 10.2. The number of aryl methyl sites for hydroxylation is 2. The van der Waals surface area contributed by atoms with E-state index < -0.39 is 11.9 Å². The minimum atomic E-state index is -0.447. The number of hydrogen-bond acceptors (Lipinski definition) is 4. The van der Waals surface area contributed by atoms with E-state index >= 15 is 0 Å². The first-order valence-electron chi connectivity index (χ1n) is 5.65. The van der Waals surface area contributed by atoms with Crippen LogP contribution in [0.5, 0.6) is 0 Å². The van der Waals surface area contributed by atoms with E-state index in [9.17, 15) is 9.59 Å². The van der Waals surface area contributed by atoms with Crippen LogP contribution < -0.4 is 0 Å². The Bertz CT molecular complexity index is 675. The van der Waals surface area contributed by atoms with Crippen LogP contribution >= 0.6 is 8.19 Å². The maximum absolute atomic E-state index is 11.8. The number of pyridine rings is 1. The van der Waals surface area contributed by atoms with Crippen molar-refractivity contribution in [3.63, 3.8) is 0 Å². The molecule has 5 nitrogen and oxygen atoms in total. The standard InChI is InChI=1S/C13H14NO4P/c1-7-5-8(2)9-10(12(15)17-3)19-11(13(16)18-4)14(9)6-7/h5-6H,1-4H3. The summed E-state index contributed by atoms with van der Waals surface area (Å²) in [6, 6.07) is 1.96. The van der Waals surface area contributed by atoms with Gasteiger partial charge in [0.15, 0.2) is 5.43 Å². The first-order chi connectivity index (χ1) is 8.99. The van der Waals surface area contributed by atoms with Crippen LogP contribution in [0.1, 0.15) is 31.4 Å². The Morgan fingerprint density at radius 3 is 2.37 bits per heavy atom. The van der Waals surface area contributed by atoms with Gasteiger partial charge in [-0.2, -0.15) is 0 Å². The Hall–Kier alpha value is -1.87. The van der Waals surface area contributed by atoms with Crippen molar-refractivity contribution in [3.8, 4) is 0 Å². The van der Waals surface area contributed by atoms with Crippen molar-refractivity contribution >= 4 is 25.6 Å². The lowest BCUT2D eigenvalue weighted by Gasteiger charge is -2.05. The van der Waals surface area contributed by atoms with Crippen LogP contribution in [0.3, 0.4) is 0 Å². The molecule has 0 saturated carbocycles.